The normalized spacial score (nSPS) is 27.6. The Balaban J connectivity index is 2.71. The van der Waals surface area contributed by atoms with Crippen LogP contribution in [0.15, 0.2) is 0 Å². The monoisotopic (exact) mass is 188 g/mol. The minimum absolute atomic E-state index is 0.0304. The van der Waals surface area contributed by atoms with Crippen LogP contribution >= 0.6 is 0 Å². The molecule has 1 heterocycles. The van der Waals surface area contributed by atoms with E-state index < -0.39 is 18.1 Å². The minimum atomic E-state index is -1.19. The van der Waals surface area contributed by atoms with Gasteiger partial charge in [-0.1, -0.05) is 0 Å². The highest BCUT2D eigenvalue weighted by Crippen LogP contribution is 2.22. The van der Waals surface area contributed by atoms with Crippen molar-refractivity contribution in [3.8, 4) is 0 Å². The van der Waals surface area contributed by atoms with Gasteiger partial charge >= 0.3 is 12.1 Å². The summed E-state index contributed by atoms with van der Waals surface area (Å²) in [5.74, 6) is -1.13. The van der Waals surface area contributed by atoms with E-state index in [-0.39, 0.29) is 12.5 Å². The molecule has 0 spiro atoms. The second-order valence-electron chi connectivity index (χ2n) is 3.13. The number of aliphatic carboxylic acids is 1. The highest BCUT2D eigenvalue weighted by atomic mass is 16.4. The number of likely N-dealkylation sites (tertiary alicyclic amines) is 1. The predicted molar refractivity (Wildman–Crippen MR) is 43.3 cm³/mol. The quantitative estimate of drug-likeness (QED) is 0.536. The Hall–Kier alpha value is -1.30. The summed E-state index contributed by atoms with van der Waals surface area (Å²) in [6.45, 7) is 0.552. The Morgan fingerprint density at radius 1 is 1.46 bits per heavy atom. The Morgan fingerprint density at radius 2 is 2.08 bits per heavy atom. The van der Waals surface area contributed by atoms with Gasteiger partial charge in [-0.05, 0) is 18.9 Å². The Kier molecular flexibility index (Phi) is 2.72. The van der Waals surface area contributed by atoms with Gasteiger partial charge in [0, 0.05) is 6.54 Å². The second-order valence-corrected chi connectivity index (χ2v) is 3.13. The van der Waals surface area contributed by atoms with Crippen LogP contribution in [0.1, 0.15) is 6.42 Å². The van der Waals surface area contributed by atoms with Crippen LogP contribution in [0.4, 0.5) is 4.79 Å². The molecule has 2 atom stereocenters. The van der Waals surface area contributed by atoms with E-state index in [4.69, 9.17) is 15.9 Å². The van der Waals surface area contributed by atoms with E-state index in [1.165, 1.54) is 0 Å². The first-order valence-corrected chi connectivity index (χ1v) is 3.98. The molecule has 0 unspecified atom stereocenters. The number of amides is 1. The molecule has 4 N–H and O–H groups in total. The van der Waals surface area contributed by atoms with Gasteiger partial charge in [0.25, 0.3) is 0 Å². The maximum absolute atomic E-state index is 10.6. The van der Waals surface area contributed by atoms with E-state index in [9.17, 15) is 9.59 Å². The number of rotatable bonds is 2. The van der Waals surface area contributed by atoms with Gasteiger partial charge in [0.05, 0.1) is 0 Å². The third-order valence-electron chi connectivity index (χ3n) is 2.25. The molecule has 0 aliphatic carbocycles. The number of carboxylic acids is 1. The summed E-state index contributed by atoms with van der Waals surface area (Å²) in [7, 11) is 0. The highest BCUT2D eigenvalue weighted by molar-refractivity contribution is 5.80. The summed E-state index contributed by atoms with van der Waals surface area (Å²) < 4.78 is 0. The first-order chi connectivity index (χ1) is 6.06. The van der Waals surface area contributed by atoms with Crippen molar-refractivity contribution in [2.24, 2.45) is 11.7 Å². The largest absolute Gasteiger partial charge is 0.480 e. The van der Waals surface area contributed by atoms with Crippen molar-refractivity contribution in [1.82, 2.24) is 4.90 Å². The van der Waals surface area contributed by atoms with Crippen LogP contribution in [0, 0.1) is 5.92 Å². The van der Waals surface area contributed by atoms with Gasteiger partial charge in [-0.15, -0.1) is 0 Å². The lowest BCUT2D eigenvalue weighted by Gasteiger charge is -2.16. The van der Waals surface area contributed by atoms with Gasteiger partial charge in [0.15, 0.2) is 0 Å². The average Bonchev–Trinajstić information content (AvgIpc) is 2.47. The van der Waals surface area contributed by atoms with Crippen LogP contribution in [0.25, 0.3) is 0 Å². The molecule has 6 nitrogen and oxygen atoms in total. The Bertz CT molecular complexity index is 209. The summed E-state index contributed by atoms with van der Waals surface area (Å²) in [6, 6.07) is -0.925. The molecule has 1 aliphatic heterocycles. The van der Waals surface area contributed by atoms with E-state index in [0.717, 1.165) is 4.90 Å². The zero-order chi connectivity index (χ0) is 10.0. The number of carboxylic acid groups (broad SMARTS) is 2. The van der Waals surface area contributed by atoms with Crippen LogP contribution < -0.4 is 5.73 Å². The van der Waals surface area contributed by atoms with E-state index >= 15 is 0 Å². The molecule has 0 aromatic carbocycles. The fourth-order valence-electron chi connectivity index (χ4n) is 1.54. The molecular weight excluding hydrogens is 176 g/mol. The van der Waals surface area contributed by atoms with Crippen molar-refractivity contribution in [3.05, 3.63) is 0 Å². The number of nitrogens with two attached hydrogens (primary N) is 1. The maximum atomic E-state index is 10.6. The van der Waals surface area contributed by atoms with E-state index in [1.807, 2.05) is 0 Å². The molecule has 6 heteroatoms. The predicted octanol–water partition coefficient (Wildman–Crippen LogP) is -0.602. The van der Waals surface area contributed by atoms with Crippen LogP contribution in [0.2, 0.25) is 0 Å². The second kappa shape index (κ2) is 3.61. The summed E-state index contributed by atoms with van der Waals surface area (Å²) >= 11 is 0. The van der Waals surface area contributed by atoms with E-state index in [1.54, 1.807) is 0 Å². The van der Waals surface area contributed by atoms with Gasteiger partial charge in [-0.2, -0.15) is 0 Å². The molecule has 74 valence electrons. The number of nitrogens with zero attached hydrogens (tertiary/aromatic N) is 1. The molecule has 0 radical (unpaired) electrons. The lowest BCUT2D eigenvalue weighted by atomic mass is 10.1. The van der Waals surface area contributed by atoms with Crippen molar-refractivity contribution in [2.75, 3.05) is 13.1 Å². The Labute approximate surface area is 74.9 Å². The standard InChI is InChI=1S/C7H12N2O4/c8-2-4-1-5(6(10)11)9(3-4)7(12)13/h4-5H,1-3,8H2,(H,10,11)(H,12,13)/t4-,5-/m0/s1. The Morgan fingerprint density at radius 3 is 2.38 bits per heavy atom. The van der Waals surface area contributed by atoms with Crippen molar-refractivity contribution in [3.63, 3.8) is 0 Å². The van der Waals surface area contributed by atoms with Gasteiger partial charge in [0.1, 0.15) is 6.04 Å². The van der Waals surface area contributed by atoms with Crippen LogP contribution in [-0.4, -0.2) is 46.3 Å². The van der Waals surface area contributed by atoms with Crippen molar-refractivity contribution < 1.29 is 19.8 Å². The topological polar surface area (TPSA) is 104 Å². The molecule has 0 aromatic rings. The lowest BCUT2D eigenvalue weighted by molar-refractivity contribution is -0.141. The molecule has 0 aromatic heterocycles. The molecule has 1 rings (SSSR count). The molecule has 1 fully saturated rings. The van der Waals surface area contributed by atoms with Crippen LogP contribution in [-0.2, 0) is 4.79 Å². The first kappa shape index (κ1) is 9.79. The fourth-order valence-corrected chi connectivity index (χ4v) is 1.54. The average molecular weight is 188 g/mol. The SMILES string of the molecule is NC[C@@H]1C[C@@H](C(=O)O)N(C(=O)O)C1. The highest BCUT2D eigenvalue weighted by Gasteiger charge is 2.38. The van der Waals surface area contributed by atoms with E-state index in [2.05, 4.69) is 0 Å². The summed E-state index contributed by atoms with van der Waals surface area (Å²) in [6.07, 6.45) is -0.874. The number of hydrogen-bond donors (Lipinski definition) is 3. The van der Waals surface area contributed by atoms with Crippen molar-refractivity contribution in [2.45, 2.75) is 12.5 Å². The summed E-state index contributed by atoms with van der Waals surface area (Å²) in [5.41, 5.74) is 5.35. The maximum Gasteiger partial charge on any atom is 0.408 e. The molecule has 1 amide bonds. The van der Waals surface area contributed by atoms with Crippen LogP contribution in [0.5, 0.6) is 0 Å². The minimum Gasteiger partial charge on any atom is -0.480 e. The van der Waals surface area contributed by atoms with Crippen molar-refractivity contribution in [1.29, 1.82) is 0 Å². The van der Waals surface area contributed by atoms with Gasteiger partial charge in [-0.25, -0.2) is 9.59 Å². The molecule has 0 saturated carbocycles. The summed E-state index contributed by atoms with van der Waals surface area (Å²) in [5, 5.41) is 17.4. The van der Waals surface area contributed by atoms with E-state index in [0.29, 0.717) is 13.0 Å². The molecule has 1 aliphatic rings. The third-order valence-corrected chi connectivity index (χ3v) is 2.25. The number of hydrogen-bond acceptors (Lipinski definition) is 3. The fraction of sp³-hybridized carbons (Fsp3) is 0.714. The third kappa shape index (κ3) is 1.89. The molecule has 1 saturated heterocycles. The zero-order valence-corrected chi connectivity index (χ0v) is 7.01. The molecule has 13 heavy (non-hydrogen) atoms. The first-order valence-electron chi connectivity index (χ1n) is 3.98. The summed E-state index contributed by atoms with van der Waals surface area (Å²) in [4.78, 5) is 22.2. The number of carbonyl (C=O) groups is 2. The van der Waals surface area contributed by atoms with Gasteiger partial charge in [0.2, 0.25) is 0 Å². The van der Waals surface area contributed by atoms with Gasteiger partial charge < -0.3 is 15.9 Å². The lowest BCUT2D eigenvalue weighted by Crippen LogP contribution is -2.39. The van der Waals surface area contributed by atoms with Gasteiger partial charge in [-0.3, -0.25) is 4.90 Å². The van der Waals surface area contributed by atoms with Crippen LogP contribution in [0.3, 0.4) is 0 Å². The molecule has 0 bridgehead atoms. The molecular formula is C7H12N2O4. The zero-order valence-electron chi connectivity index (χ0n) is 7.01. The smallest absolute Gasteiger partial charge is 0.408 e. The van der Waals surface area contributed by atoms with Crippen molar-refractivity contribution >= 4 is 12.1 Å².